The average molecular weight is 248 g/mol. The van der Waals surface area contributed by atoms with Crippen molar-refractivity contribution in [2.24, 2.45) is 0 Å². The molecule has 0 aliphatic carbocycles. The molecule has 0 saturated carbocycles. The van der Waals surface area contributed by atoms with Crippen molar-refractivity contribution < 1.29 is 13.5 Å². The summed E-state index contributed by atoms with van der Waals surface area (Å²) in [6, 6.07) is 0.197. The minimum Gasteiger partial charge on any atom is -0.383 e. The maximum atomic E-state index is 13.5. The van der Waals surface area contributed by atoms with Crippen molar-refractivity contribution >= 4 is 0 Å². The van der Waals surface area contributed by atoms with Crippen LogP contribution in [0.5, 0.6) is 0 Å². The third kappa shape index (κ3) is 3.14. The molecule has 3 nitrogen and oxygen atoms in total. The van der Waals surface area contributed by atoms with Crippen molar-refractivity contribution in [3.8, 4) is 0 Å². The maximum Gasteiger partial charge on any atom is 0.262 e. The normalized spacial score (nSPS) is 32.1. The Balaban J connectivity index is 1.97. The lowest BCUT2D eigenvalue weighted by Crippen LogP contribution is -2.47. The zero-order valence-corrected chi connectivity index (χ0v) is 10.7. The van der Waals surface area contributed by atoms with Crippen molar-refractivity contribution in [3.63, 3.8) is 0 Å². The monoisotopic (exact) mass is 248 g/mol. The minimum atomic E-state index is -2.54. The predicted octanol–water partition coefficient (Wildman–Crippen LogP) is 1.44. The molecule has 2 saturated heterocycles. The van der Waals surface area contributed by atoms with Gasteiger partial charge in [-0.1, -0.05) is 0 Å². The van der Waals surface area contributed by atoms with E-state index in [1.807, 2.05) is 4.90 Å². The summed E-state index contributed by atoms with van der Waals surface area (Å²) in [7, 11) is 3.67. The molecule has 2 rings (SSSR count). The maximum absolute atomic E-state index is 13.5. The van der Waals surface area contributed by atoms with Crippen LogP contribution in [0.15, 0.2) is 0 Å². The number of halogens is 2. The molecule has 17 heavy (non-hydrogen) atoms. The molecule has 0 bridgehead atoms. The van der Waals surface area contributed by atoms with Crippen LogP contribution in [0.4, 0.5) is 8.78 Å². The first-order chi connectivity index (χ1) is 8.02. The number of alkyl halides is 2. The molecule has 2 heterocycles. The Morgan fingerprint density at radius 2 is 1.94 bits per heavy atom. The van der Waals surface area contributed by atoms with E-state index in [0.29, 0.717) is 12.6 Å². The van der Waals surface area contributed by atoms with Gasteiger partial charge in [-0.3, -0.25) is 4.90 Å². The summed E-state index contributed by atoms with van der Waals surface area (Å²) >= 11 is 0. The largest absolute Gasteiger partial charge is 0.383 e. The van der Waals surface area contributed by atoms with E-state index in [-0.39, 0.29) is 19.0 Å². The summed E-state index contributed by atoms with van der Waals surface area (Å²) < 4.78 is 32.1. The second-order valence-corrected chi connectivity index (χ2v) is 5.38. The number of piperidine rings is 1. The number of likely N-dealkylation sites (tertiary alicyclic amines) is 2. The van der Waals surface area contributed by atoms with Gasteiger partial charge in [0.15, 0.2) is 0 Å². The SMILES string of the molecule is COC[C@H]1CC(F)(F)CN1C1CCN(C)CC1. The van der Waals surface area contributed by atoms with Gasteiger partial charge in [0.05, 0.1) is 13.2 Å². The van der Waals surface area contributed by atoms with Crippen molar-refractivity contribution in [2.45, 2.75) is 37.3 Å². The van der Waals surface area contributed by atoms with Gasteiger partial charge in [0.25, 0.3) is 5.92 Å². The van der Waals surface area contributed by atoms with Crippen LogP contribution in [-0.4, -0.2) is 68.2 Å². The highest BCUT2D eigenvalue weighted by atomic mass is 19.3. The van der Waals surface area contributed by atoms with Crippen molar-refractivity contribution in [1.82, 2.24) is 9.80 Å². The van der Waals surface area contributed by atoms with E-state index in [1.165, 1.54) is 0 Å². The molecule has 0 spiro atoms. The first kappa shape index (κ1) is 13.2. The summed E-state index contributed by atoms with van der Waals surface area (Å²) in [5.41, 5.74) is 0. The number of rotatable bonds is 3. The Labute approximate surface area is 102 Å². The van der Waals surface area contributed by atoms with Gasteiger partial charge in [-0.15, -0.1) is 0 Å². The summed E-state index contributed by atoms with van der Waals surface area (Å²) in [5.74, 6) is -2.54. The van der Waals surface area contributed by atoms with E-state index in [2.05, 4.69) is 11.9 Å². The summed E-state index contributed by atoms with van der Waals surface area (Å²) in [5, 5.41) is 0. The number of ether oxygens (including phenoxy) is 1. The van der Waals surface area contributed by atoms with Gasteiger partial charge in [0, 0.05) is 25.6 Å². The number of methoxy groups -OCH3 is 1. The molecular weight excluding hydrogens is 226 g/mol. The Morgan fingerprint density at radius 1 is 1.29 bits per heavy atom. The third-order valence-corrected chi connectivity index (χ3v) is 3.93. The molecule has 2 fully saturated rings. The van der Waals surface area contributed by atoms with Crippen LogP contribution in [0.25, 0.3) is 0 Å². The highest BCUT2D eigenvalue weighted by molar-refractivity contribution is 4.95. The average Bonchev–Trinajstić information content (AvgIpc) is 2.56. The lowest BCUT2D eigenvalue weighted by Gasteiger charge is -2.37. The zero-order valence-electron chi connectivity index (χ0n) is 10.7. The fourth-order valence-corrected chi connectivity index (χ4v) is 3.02. The quantitative estimate of drug-likeness (QED) is 0.751. The highest BCUT2D eigenvalue weighted by Gasteiger charge is 2.47. The molecule has 0 radical (unpaired) electrons. The molecule has 0 aromatic heterocycles. The van der Waals surface area contributed by atoms with Gasteiger partial charge in [-0.2, -0.15) is 0 Å². The number of hydrogen-bond acceptors (Lipinski definition) is 3. The fourth-order valence-electron chi connectivity index (χ4n) is 3.02. The van der Waals surface area contributed by atoms with E-state index in [9.17, 15) is 8.78 Å². The van der Waals surface area contributed by atoms with Gasteiger partial charge < -0.3 is 9.64 Å². The fraction of sp³-hybridized carbons (Fsp3) is 1.00. The van der Waals surface area contributed by atoms with Gasteiger partial charge >= 0.3 is 0 Å². The standard InChI is InChI=1S/C12H22F2N2O/c1-15-5-3-10(4-6-15)16-9-12(13,14)7-11(16)8-17-2/h10-11H,3-9H2,1-2H3/t11-/m1/s1. The van der Waals surface area contributed by atoms with E-state index in [0.717, 1.165) is 25.9 Å². The van der Waals surface area contributed by atoms with E-state index in [1.54, 1.807) is 7.11 Å². The number of nitrogens with zero attached hydrogens (tertiary/aromatic N) is 2. The molecule has 2 aliphatic heterocycles. The Hall–Kier alpha value is -0.260. The Kier molecular flexibility index (Phi) is 4.00. The van der Waals surface area contributed by atoms with Crippen LogP contribution in [-0.2, 0) is 4.74 Å². The van der Waals surface area contributed by atoms with E-state index in [4.69, 9.17) is 4.74 Å². The van der Waals surface area contributed by atoms with E-state index < -0.39 is 5.92 Å². The van der Waals surface area contributed by atoms with Crippen LogP contribution in [0.2, 0.25) is 0 Å². The molecule has 0 N–H and O–H groups in total. The summed E-state index contributed by atoms with van der Waals surface area (Å²) in [6.07, 6.45) is 1.94. The Bertz CT molecular complexity index is 255. The minimum absolute atomic E-state index is 0.0484. The predicted molar refractivity (Wildman–Crippen MR) is 62.5 cm³/mol. The first-order valence-corrected chi connectivity index (χ1v) is 6.33. The van der Waals surface area contributed by atoms with Gasteiger partial charge in [-0.25, -0.2) is 8.78 Å². The smallest absolute Gasteiger partial charge is 0.262 e. The number of hydrogen-bond donors (Lipinski definition) is 0. The Morgan fingerprint density at radius 3 is 2.53 bits per heavy atom. The molecule has 0 aromatic rings. The van der Waals surface area contributed by atoms with Gasteiger partial charge in [0.2, 0.25) is 0 Å². The molecule has 2 aliphatic rings. The van der Waals surface area contributed by atoms with E-state index >= 15 is 0 Å². The van der Waals surface area contributed by atoms with Crippen molar-refractivity contribution in [2.75, 3.05) is 40.4 Å². The summed E-state index contributed by atoms with van der Waals surface area (Å²) in [4.78, 5) is 4.24. The molecule has 0 amide bonds. The third-order valence-electron chi connectivity index (χ3n) is 3.93. The lowest BCUT2D eigenvalue weighted by atomic mass is 10.0. The lowest BCUT2D eigenvalue weighted by molar-refractivity contribution is 0.00355. The highest BCUT2D eigenvalue weighted by Crippen LogP contribution is 2.35. The zero-order chi connectivity index (χ0) is 12.5. The second-order valence-electron chi connectivity index (χ2n) is 5.38. The van der Waals surface area contributed by atoms with Crippen molar-refractivity contribution in [1.29, 1.82) is 0 Å². The van der Waals surface area contributed by atoms with Gasteiger partial charge in [-0.05, 0) is 33.0 Å². The van der Waals surface area contributed by atoms with Crippen molar-refractivity contribution in [3.05, 3.63) is 0 Å². The van der Waals surface area contributed by atoms with Crippen LogP contribution in [0.1, 0.15) is 19.3 Å². The topological polar surface area (TPSA) is 15.7 Å². The van der Waals surface area contributed by atoms with Gasteiger partial charge in [0.1, 0.15) is 0 Å². The van der Waals surface area contributed by atoms with Crippen LogP contribution >= 0.6 is 0 Å². The molecule has 5 heteroatoms. The molecule has 0 unspecified atom stereocenters. The second kappa shape index (κ2) is 5.16. The van der Waals surface area contributed by atoms with Crippen LogP contribution in [0, 0.1) is 0 Å². The van der Waals surface area contributed by atoms with Crippen LogP contribution in [0.3, 0.4) is 0 Å². The molecule has 0 aromatic carbocycles. The molecular formula is C12H22F2N2O. The first-order valence-electron chi connectivity index (χ1n) is 6.33. The molecule has 100 valence electrons. The van der Waals surface area contributed by atoms with Crippen LogP contribution < -0.4 is 0 Å². The summed E-state index contributed by atoms with van der Waals surface area (Å²) in [6.45, 7) is 2.34. The molecule has 1 atom stereocenters.